The maximum atomic E-state index is 5.77. The third kappa shape index (κ3) is 3.23. The molecule has 1 saturated heterocycles. The average Bonchev–Trinajstić information content (AvgIpc) is 2.92. The van der Waals surface area contributed by atoms with Gasteiger partial charge in [0.15, 0.2) is 5.75 Å². The molecule has 0 bridgehead atoms. The third-order valence-corrected chi connectivity index (χ3v) is 3.36. The second kappa shape index (κ2) is 6.20. The van der Waals surface area contributed by atoms with Crippen LogP contribution in [0.2, 0.25) is 0 Å². The summed E-state index contributed by atoms with van der Waals surface area (Å²) in [5.41, 5.74) is 2.03. The molecule has 0 spiro atoms. The molecule has 1 N–H and O–H groups in total. The lowest BCUT2D eigenvalue weighted by Crippen LogP contribution is -2.29. The van der Waals surface area contributed by atoms with E-state index in [1.807, 2.05) is 25.6 Å². The van der Waals surface area contributed by atoms with Crippen molar-refractivity contribution in [3.8, 4) is 5.75 Å². The summed E-state index contributed by atoms with van der Waals surface area (Å²) in [5.74, 6) is 0.913. The van der Waals surface area contributed by atoms with Crippen LogP contribution < -0.4 is 10.1 Å². The minimum atomic E-state index is 0.395. The van der Waals surface area contributed by atoms with Gasteiger partial charge in [0, 0.05) is 26.7 Å². The van der Waals surface area contributed by atoms with E-state index in [-0.39, 0.29) is 0 Å². The van der Waals surface area contributed by atoms with Crippen molar-refractivity contribution in [3.63, 3.8) is 0 Å². The highest BCUT2D eigenvalue weighted by Crippen LogP contribution is 2.20. The minimum absolute atomic E-state index is 0.395. The summed E-state index contributed by atoms with van der Waals surface area (Å²) in [6.07, 6.45) is 2.76. The van der Waals surface area contributed by atoms with Crippen molar-refractivity contribution in [2.75, 3.05) is 26.3 Å². The standard InChI is InChI=1S/C13H23N3O2/c1-10-13(11(2)16(3)15-10)18-8-6-14-9-12-5-4-7-17-12/h12,14H,4-9H2,1-3H3. The fourth-order valence-electron chi connectivity index (χ4n) is 2.26. The van der Waals surface area contributed by atoms with E-state index in [1.54, 1.807) is 0 Å². The Morgan fingerprint density at radius 3 is 2.94 bits per heavy atom. The molecule has 2 heterocycles. The molecule has 1 aromatic heterocycles. The first-order valence-corrected chi connectivity index (χ1v) is 6.64. The van der Waals surface area contributed by atoms with Gasteiger partial charge in [-0.15, -0.1) is 0 Å². The average molecular weight is 253 g/mol. The van der Waals surface area contributed by atoms with E-state index < -0.39 is 0 Å². The molecule has 1 aliphatic heterocycles. The molecular formula is C13H23N3O2. The summed E-state index contributed by atoms with van der Waals surface area (Å²) in [4.78, 5) is 0. The normalized spacial score (nSPS) is 19.4. The van der Waals surface area contributed by atoms with E-state index in [0.717, 1.165) is 36.8 Å². The van der Waals surface area contributed by atoms with Crippen LogP contribution in [0.15, 0.2) is 0 Å². The molecule has 1 atom stereocenters. The zero-order valence-corrected chi connectivity index (χ0v) is 11.5. The Morgan fingerprint density at radius 2 is 2.33 bits per heavy atom. The number of nitrogens with zero attached hydrogens (tertiary/aromatic N) is 2. The van der Waals surface area contributed by atoms with Crippen LogP contribution >= 0.6 is 0 Å². The van der Waals surface area contributed by atoms with Gasteiger partial charge in [-0.3, -0.25) is 4.68 Å². The largest absolute Gasteiger partial charge is 0.488 e. The molecular weight excluding hydrogens is 230 g/mol. The van der Waals surface area contributed by atoms with Gasteiger partial charge in [-0.05, 0) is 26.7 Å². The molecule has 18 heavy (non-hydrogen) atoms. The van der Waals surface area contributed by atoms with Crippen LogP contribution in [-0.4, -0.2) is 42.2 Å². The number of nitrogens with one attached hydrogen (secondary N) is 1. The Bertz CT molecular complexity index is 384. The molecule has 2 rings (SSSR count). The van der Waals surface area contributed by atoms with Gasteiger partial charge in [-0.2, -0.15) is 5.10 Å². The fourth-order valence-corrected chi connectivity index (χ4v) is 2.26. The molecule has 1 unspecified atom stereocenters. The lowest BCUT2D eigenvalue weighted by Gasteiger charge is -2.11. The molecule has 0 saturated carbocycles. The molecule has 1 fully saturated rings. The van der Waals surface area contributed by atoms with Crippen molar-refractivity contribution in [2.45, 2.75) is 32.8 Å². The van der Waals surface area contributed by atoms with Crippen molar-refractivity contribution in [1.82, 2.24) is 15.1 Å². The van der Waals surface area contributed by atoms with Crippen LogP contribution in [0.4, 0.5) is 0 Å². The van der Waals surface area contributed by atoms with E-state index in [0.29, 0.717) is 12.7 Å². The van der Waals surface area contributed by atoms with Crippen LogP contribution in [0.3, 0.4) is 0 Å². The van der Waals surface area contributed by atoms with Gasteiger partial charge in [0.1, 0.15) is 12.3 Å². The minimum Gasteiger partial charge on any atom is -0.488 e. The Labute approximate surface area is 108 Å². The Hall–Kier alpha value is -1.07. The van der Waals surface area contributed by atoms with Gasteiger partial charge < -0.3 is 14.8 Å². The van der Waals surface area contributed by atoms with Gasteiger partial charge in [-0.1, -0.05) is 0 Å². The Balaban J connectivity index is 1.65. The van der Waals surface area contributed by atoms with Gasteiger partial charge in [0.2, 0.25) is 0 Å². The van der Waals surface area contributed by atoms with Crippen LogP contribution in [0.25, 0.3) is 0 Å². The third-order valence-electron chi connectivity index (χ3n) is 3.36. The van der Waals surface area contributed by atoms with E-state index in [1.165, 1.54) is 12.8 Å². The first kappa shape index (κ1) is 13.4. The van der Waals surface area contributed by atoms with Gasteiger partial charge in [0.25, 0.3) is 0 Å². The van der Waals surface area contributed by atoms with Crippen LogP contribution in [-0.2, 0) is 11.8 Å². The van der Waals surface area contributed by atoms with Crippen molar-refractivity contribution in [1.29, 1.82) is 0 Å². The monoisotopic (exact) mass is 253 g/mol. The highest BCUT2D eigenvalue weighted by atomic mass is 16.5. The topological polar surface area (TPSA) is 48.3 Å². The van der Waals surface area contributed by atoms with Crippen molar-refractivity contribution >= 4 is 0 Å². The predicted octanol–water partition coefficient (Wildman–Crippen LogP) is 1.18. The number of rotatable bonds is 6. The molecule has 0 aliphatic carbocycles. The van der Waals surface area contributed by atoms with E-state index in [4.69, 9.17) is 9.47 Å². The molecule has 0 aromatic carbocycles. The maximum absolute atomic E-state index is 5.77. The Morgan fingerprint density at radius 1 is 1.50 bits per heavy atom. The summed E-state index contributed by atoms with van der Waals surface area (Å²) in [6.45, 7) is 7.34. The predicted molar refractivity (Wildman–Crippen MR) is 70.0 cm³/mol. The molecule has 102 valence electrons. The second-order valence-electron chi connectivity index (χ2n) is 4.81. The summed E-state index contributed by atoms with van der Waals surface area (Å²) in [5, 5.41) is 7.69. The van der Waals surface area contributed by atoms with Crippen molar-refractivity contribution < 1.29 is 9.47 Å². The summed E-state index contributed by atoms with van der Waals surface area (Å²) in [7, 11) is 1.94. The number of hydrogen-bond acceptors (Lipinski definition) is 4. The van der Waals surface area contributed by atoms with E-state index in [9.17, 15) is 0 Å². The summed E-state index contributed by atoms with van der Waals surface area (Å²) < 4.78 is 13.2. The van der Waals surface area contributed by atoms with Crippen molar-refractivity contribution in [3.05, 3.63) is 11.4 Å². The first-order chi connectivity index (χ1) is 8.68. The van der Waals surface area contributed by atoms with Crippen LogP contribution in [0, 0.1) is 13.8 Å². The van der Waals surface area contributed by atoms with Crippen LogP contribution in [0.5, 0.6) is 5.75 Å². The molecule has 1 aliphatic rings. The molecule has 5 nitrogen and oxygen atoms in total. The smallest absolute Gasteiger partial charge is 0.163 e. The SMILES string of the molecule is Cc1nn(C)c(C)c1OCCNCC1CCCO1. The highest BCUT2D eigenvalue weighted by Gasteiger charge is 2.14. The first-order valence-electron chi connectivity index (χ1n) is 6.64. The lowest BCUT2D eigenvalue weighted by atomic mass is 10.2. The van der Waals surface area contributed by atoms with Gasteiger partial charge in [0.05, 0.1) is 11.8 Å². The molecule has 5 heteroatoms. The summed E-state index contributed by atoms with van der Waals surface area (Å²) in [6, 6.07) is 0. The molecule has 0 amide bonds. The quantitative estimate of drug-likeness (QED) is 0.774. The number of aromatic nitrogens is 2. The zero-order chi connectivity index (χ0) is 13.0. The highest BCUT2D eigenvalue weighted by molar-refractivity contribution is 5.31. The number of aryl methyl sites for hydroxylation is 2. The Kier molecular flexibility index (Phi) is 4.60. The number of ether oxygens (including phenoxy) is 2. The van der Waals surface area contributed by atoms with Crippen LogP contribution in [0.1, 0.15) is 24.2 Å². The molecule has 1 aromatic rings. The zero-order valence-electron chi connectivity index (χ0n) is 11.5. The van der Waals surface area contributed by atoms with E-state index >= 15 is 0 Å². The lowest BCUT2D eigenvalue weighted by molar-refractivity contribution is 0.109. The van der Waals surface area contributed by atoms with Crippen molar-refractivity contribution in [2.24, 2.45) is 7.05 Å². The van der Waals surface area contributed by atoms with Gasteiger partial charge >= 0.3 is 0 Å². The fraction of sp³-hybridized carbons (Fsp3) is 0.769. The molecule has 0 radical (unpaired) electrons. The number of hydrogen-bond donors (Lipinski definition) is 1. The van der Waals surface area contributed by atoms with E-state index in [2.05, 4.69) is 10.4 Å². The maximum Gasteiger partial charge on any atom is 0.163 e. The summed E-state index contributed by atoms with van der Waals surface area (Å²) >= 11 is 0. The second-order valence-corrected chi connectivity index (χ2v) is 4.81. The van der Waals surface area contributed by atoms with Gasteiger partial charge in [-0.25, -0.2) is 0 Å².